The van der Waals surface area contributed by atoms with Crippen LogP contribution >= 0.6 is 11.6 Å². The Morgan fingerprint density at radius 1 is 1.30 bits per heavy atom. The highest BCUT2D eigenvalue weighted by molar-refractivity contribution is 6.31. The second-order valence-electron chi connectivity index (χ2n) is 5.03. The van der Waals surface area contributed by atoms with Gasteiger partial charge in [-0.3, -0.25) is 4.98 Å². The van der Waals surface area contributed by atoms with Gasteiger partial charge in [-0.25, -0.2) is 0 Å². The van der Waals surface area contributed by atoms with Crippen molar-refractivity contribution in [3.05, 3.63) is 35.5 Å². The molecule has 3 rings (SSSR count). The number of nitrogens with zero attached hydrogens (tertiary/aromatic N) is 1. The first-order valence-corrected chi connectivity index (χ1v) is 7.10. The first-order valence-electron chi connectivity index (χ1n) is 6.72. The van der Waals surface area contributed by atoms with Gasteiger partial charge in [0, 0.05) is 35.3 Å². The van der Waals surface area contributed by atoms with Gasteiger partial charge in [-0.2, -0.15) is 0 Å². The summed E-state index contributed by atoms with van der Waals surface area (Å²) in [4.78, 5) is 4.33. The molecular weight excluding hydrogens is 276 g/mol. The second-order valence-corrected chi connectivity index (χ2v) is 5.46. The largest absolute Gasteiger partial charge is 0.384 e. The molecule has 1 saturated heterocycles. The molecule has 1 aromatic heterocycles. The number of halogens is 1. The zero-order chi connectivity index (χ0) is 14.0. The van der Waals surface area contributed by atoms with Crippen molar-refractivity contribution in [3.63, 3.8) is 0 Å². The topological polar surface area (TPSA) is 43.4 Å². The summed E-state index contributed by atoms with van der Waals surface area (Å²) in [5.74, 6) is -0.459. The number of aromatic nitrogens is 1. The molecule has 1 aliphatic heterocycles. The molecule has 4 nitrogen and oxygen atoms in total. The van der Waals surface area contributed by atoms with Crippen LogP contribution in [0.5, 0.6) is 0 Å². The van der Waals surface area contributed by atoms with E-state index in [0.29, 0.717) is 18.2 Å². The van der Waals surface area contributed by atoms with Crippen molar-refractivity contribution in [2.75, 3.05) is 25.1 Å². The summed E-state index contributed by atoms with van der Waals surface area (Å²) in [6.45, 7) is 4.10. The lowest BCUT2D eigenvalue weighted by molar-refractivity contribution is -0.144. The average Bonchev–Trinajstić information content (AvgIpc) is 2.85. The molecule has 1 aliphatic rings. The second kappa shape index (κ2) is 5.56. The Morgan fingerprint density at radius 2 is 2.10 bits per heavy atom. The Balaban J connectivity index is 1.71. The van der Waals surface area contributed by atoms with Crippen LogP contribution in [0.3, 0.4) is 0 Å². The summed E-state index contributed by atoms with van der Waals surface area (Å²) < 4.78 is 11.2. The van der Waals surface area contributed by atoms with Crippen molar-refractivity contribution >= 4 is 28.2 Å². The van der Waals surface area contributed by atoms with Gasteiger partial charge in [0.05, 0.1) is 18.7 Å². The Morgan fingerprint density at radius 3 is 2.90 bits per heavy atom. The number of benzene rings is 1. The molecule has 0 radical (unpaired) electrons. The normalized spacial score (nSPS) is 17.5. The molecule has 1 aromatic carbocycles. The van der Waals surface area contributed by atoms with Crippen molar-refractivity contribution in [2.24, 2.45) is 0 Å². The maximum Gasteiger partial charge on any atom is 0.167 e. The van der Waals surface area contributed by atoms with Gasteiger partial charge in [-0.1, -0.05) is 11.6 Å². The minimum Gasteiger partial charge on any atom is -0.384 e. The maximum absolute atomic E-state index is 5.99. The van der Waals surface area contributed by atoms with E-state index in [0.717, 1.165) is 29.6 Å². The fourth-order valence-corrected chi connectivity index (χ4v) is 2.57. The lowest BCUT2D eigenvalue weighted by Gasteiger charge is -2.22. The van der Waals surface area contributed by atoms with Gasteiger partial charge in [0.15, 0.2) is 5.79 Å². The highest BCUT2D eigenvalue weighted by Crippen LogP contribution is 2.26. The molecular formula is C15H17ClN2O2. The third-order valence-electron chi connectivity index (χ3n) is 3.50. The highest BCUT2D eigenvalue weighted by atomic mass is 35.5. The van der Waals surface area contributed by atoms with E-state index < -0.39 is 5.79 Å². The Kier molecular flexibility index (Phi) is 3.78. The molecule has 2 heterocycles. The lowest BCUT2D eigenvalue weighted by atomic mass is 10.1. The van der Waals surface area contributed by atoms with E-state index in [1.807, 2.05) is 31.2 Å². The van der Waals surface area contributed by atoms with Crippen molar-refractivity contribution in [1.29, 1.82) is 0 Å². The molecule has 0 atom stereocenters. The summed E-state index contributed by atoms with van der Waals surface area (Å²) in [5, 5.41) is 5.18. The third kappa shape index (κ3) is 2.87. The Labute approximate surface area is 123 Å². The summed E-state index contributed by atoms with van der Waals surface area (Å²) in [5.41, 5.74) is 1.94. The molecule has 0 bridgehead atoms. The number of hydrogen-bond acceptors (Lipinski definition) is 4. The fourth-order valence-electron chi connectivity index (χ4n) is 2.40. The average molecular weight is 293 g/mol. The fraction of sp³-hybridized carbons (Fsp3) is 0.400. The minimum atomic E-state index is -0.459. The number of rotatable bonds is 4. The molecule has 0 amide bonds. The van der Waals surface area contributed by atoms with Gasteiger partial charge in [-0.15, -0.1) is 0 Å². The van der Waals surface area contributed by atoms with E-state index in [-0.39, 0.29) is 0 Å². The van der Waals surface area contributed by atoms with Gasteiger partial charge in [-0.05, 0) is 31.2 Å². The first-order chi connectivity index (χ1) is 9.66. The molecule has 2 aromatic rings. The predicted molar refractivity (Wildman–Crippen MR) is 80.2 cm³/mol. The molecule has 5 heteroatoms. The van der Waals surface area contributed by atoms with Crippen molar-refractivity contribution in [2.45, 2.75) is 19.1 Å². The van der Waals surface area contributed by atoms with E-state index in [4.69, 9.17) is 21.1 Å². The summed E-state index contributed by atoms with van der Waals surface area (Å²) >= 11 is 5.99. The minimum absolute atomic E-state index is 0.459. The van der Waals surface area contributed by atoms with E-state index in [9.17, 15) is 0 Å². The number of ether oxygens (including phenoxy) is 2. The van der Waals surface area contributed by atoms with E-state index >= 15 is 0 Å². The quantitative estimate of drug-likeness (QED) is 0.937. The first kappa shape index (κ1) is 13.6. The smallest absolute Gasteiger partial charge is 0.167 e. The molecule has 0 saturated carbocycles. The standard InChI is InChI=1S/C15H17ClN2O2/c1-15(19-8-9-20-15)5-7-18-13-4-6-17-14-10-11(16)2-3-12(13)14/h2-4,6,10H,5,7-9H2,1H3,(H,17,18). The molecule has 0 aliphatic carbocycles. The molecule has 0 spiro atoms. The van der Waals surface area contributed by atoms with Crippen LogP contribution in [0.1, 0.15) is 13.3 Å². The van der Waals surface area contributed by atoms with Crippen molar-refractivity contribution in [3.8, 4) is 0 Å². The van der Waals surface area contributed by atoms with E-state index in [1.54, 1.807) is 6.20 Å². The van der Waals surface area contributed by atoms with Crippen LogP contribution in [0.25, 0.3) is 10.9 Å². The predicted octanol–water partition coefficient (Wildman–Crippen LogP) is 3.45. The van der Waals surface area contributed by atoms with Crippen LogP contribution in [-0.2, 0) is 9.47 Å². The van der Waals surface area contributed by atoms with Gasteiger partial charge in [0.2, 0.25) is 0 Å². The van der Waals surface area contributed by atoms with Crippen LogP contribution in [-0.4, -0.2) is 30.5 Å². The number of nitrogens with one attached hydrogen (secondary N) is 1. The summed E-state index contributed by atoms with van der Waals surface area (Å²) in [6.07, 6.45) is 2.58. The van der Waals surface area contributed by atoms with Crippen LogP contribution in [0.2, 0.25) is 5.02 Å². The number of hydrogen-bond donors (Lipinski definition) is 1. The van der Waals surface area contributed by atoms with Gasteiger partial charge in [0.1, 0.15) is 0 Å². The van der Waals surface area contributed by atoms with Crippen LogP contribution < -0.4 is 5.32 Å². The Hall–Kier alpha value is -1.36. The third-order valence-corrected chi connectivity index (χ3v) is 3.73. The number of pyridine rings is 1. The zero-order valence-electron chi connectivity index (χ0n) is 11.4. The van der Waals surface area contributed by atoms with Crippen LogP contribution in [0, 0.1) is 0 Å². The van der Waals surface area contributed by atoms with Crippen LogP contribution in [0.4, 0.5) is 5.69 Å². The van der Waals surface area contributed by atoms with Gasteiger partial charge < -0.3 is 14.8 Å². The summed E-state index contributed by atoms with van der Waals surface area (Å²) in [6, 6.07) is 7.69. The molecule has 0 unspecified atom stereocenters. The van der Waals surface area contributed by atoms with Crippen molar-refractivity contribution in [1.82, 2.24) is 4.98 Å². The zero-order valence-corrected chi connectivity index (χ0v) is 12.1. The highest BCUT2D eigenvalue weighted by Gasteiger charge is 2.30. The van der Waals surface area contributed by atoms with E-state index in [2.05, 4.69) is 10.3 Å². The maximum atomic E-state index is 5.99. The molecule has 106 valence electrons. The molecule has 1 fully saturated rings. The number of fused-ring (bicyclic) bond motifs is 1. The van der Waals surface area contributed by atoms with Gasteiger partial charge >= 0.3 is 0 Å². The summed E-state index contributed by atoms with van der Waals surface area (Å²) in [7, 11) is 0. The Bertz CT molecular complexity index is 612. The molecule has 1 N–H and O–H groups in total. The van der Waals surface area contributed by atoms with Crippen molar-refractivity contribution < 1.29 is 9.47 Å². The monoisotopic (exact) mass is 292 g/mol. The van der Waals surface area contributed by atoms with Gasteiger partial charge in [0.25, 0.3) is 0 Å². The number of anilines is 1. The van der Waals surface area contributed by atoms with E-state index in [1.165, 1.54) is 0 Å². The van der Waals surface area contributed by atoms with Crippen LogP contribution in [0.15, 0.2) is 30.5 Å². The SMILES string of the molecule is CC1(CCNc2ccnc3cc(Cl)ccc23)OCCO1. The lowest BCUT2D eigenvalue weighted by Crippen LogP contribution is -2.28. The molecule has 20 heavy (non-hydrogen) atoms.